The van der Waals surface area contributed by atoms with Gasteiger partial charge in [0.2, 0.25) is 5.91 Å². The number of nitrogens with one attached hydrogen (secondary N) is 1. The van der Waals surface area contributed by atoms with Gasteiger partial charge in [-0.25, -0.2) is 4.98 Å². The van der Waals surface area contributed by atoms with E-state index in [1.54, 1.807) is 12.3 Å². The number of aryl methyl sites for hydroxylation is 1. The highest BCUT2D eigenvalue weighted by atomic mass is 35.5. The molecule has 3 rings (SSSR count). The van der Waals surface area contributed by atoms with Crippen LogP contribution in [0.25, 0.3) is 11.3 Å². The fraction of sp³-hybridized carbons (Fsp3) is 0.412. The van der Waals surface area contributed by atoms with Gasteiger partial charge in [0, 0.05) is 31.0 Å². The molecule has 6 heteroatoms. The van der Waals surface area contributed by atoms with Crippen molar-refractivity contribution in [1.29, 1.82) is 0 Å². The smallest absolute Gasteiger partial charge is 0.220 e. The molecule has 1 heterocycles. The lowest BCUT2D eigenvalue weighted by Gasteiger charge is -2.15. The van der Waals surface area contributed by atoms with E-state index >= 15 is 0 Å². The lowest BCUT2D eigenvalue weighted by Crippen LogP contribution is -2.41. The van der Waals surface area contributed by atoms with Gasteiger partial charge in [0.15, 0.2) is 11.7 Å². The quantitative estimate of drug-likeness (QED) is 0.816. The molecule has 122 valence electrons. The van der Waals surface area contributed by atoms with Gasteiger partial charge in [-0.3, -0.25) is 4.79 Å². The van der Waals surface area contributed by atoms with Crippen molar-refractivity contribution in [3.63, 3.8) is 0 Å². The van der Waals surface area contributed by atoms with Crippen molar-refractivity contribution in [2.45, 2.75) is 31.7 Å². The van der Waals surface area contributed by atoms with Crippen LogP contribution in [0.15, 0.2) is 34.9 Å². The summed E-state index contributed by atoms with van der Waals surface area (Å²) in [6.07, 6.45) is 4.75. The molecule has 1 fully saturated rings. The number of nitrogens with zero attached hydrogens (tertiary/aromatic N) is 1. The first-order chi connectivity index (χ1) is 11.2. The number of hydrogen-bond acceptors (Lipinski definition) is 4. The third-order valence-corrected chi connectivity index (χ3v) is 4.38. The van der Waals surface area contributed by atoms with Gasteiger partial charge in [-0.05, 0) is 30.9 Å². The first-order valence-corrected chi connectivity index (χ1v) is 8.24. The number of amides is 1. The lowest BCUT2D eigenvalue weighted by atomic mass is 10.1. The summed E-state index contributed by atoms with van der Waals surface area (Å²) < 4.78 is 5.69. The van der Waals surface area contributed by atoms with E-state index in [-0.39, 0.29) is 11.9 Å². The Balaban J connectivity index is 1.55. The maximum atomic E-state index is 12.0. The van der Waals surface area contributed by atoms with Crippen LogP contribution >= 0.6 is 11.6 Å². The summed E-state index contributed by atoms with van der Waals surface area (Å²) in [4.78, 5) is 16.2. The zero-order valence-electron chi connectivity index (χ0n) is 12.8. The Morgan fingerprint density at radius 1 is 1.43 bits per heavy atom. The summed E-state index contributed by atoms with van der Waals surface area (Å²) in [6.45, 7) is 0.492. The van der Waals surface area contributed by atoms with Crippen LogP contribution in [0.4, 0.5) is 0 Å². The SMILES string of the molecule is NCC(NC(=O)CCc1ncc(-c2ccccc2Cl)o1)C1CC1. The van der Waals surface area contributed by atoms with Crippen molar-refractivity contribution in [3.8, 4) is 11.3 Å². The van der Waals surface area contributed by atoms with E-state index in [1.807, 2.05) is 18.2 Å². The molecule has 0 saturated heterocycles. The van der Waals surface area contributed by atoms with Gasteiger partial charge in [0.25, 0.3) is 0 Å². The predicted molar refractivity (Wildman–Crippen MR) is 89.0 cm³/mol. The van der Waals surface area contributed by atoms with E-state index in [0.29, 0.717) is 42.0 Å². The van der Waals surface area contributed by atoms with Gasteiger partial charge in [0.05, 0.1) is 11.2 Å². The molecule has 1 aliphatic rings. The van der Waals surface area contributed by atoms with E-state index in [0.717, 1.165) is 18.4 Å². The van der Waals surface area contributed by atoms with Crippen molar-refractivity contribution >= 4 is 17.5 Å². The van der Waals surface area contributed by atoms with E-state index in [9.17, 15) is 4.79 Å². The summed E-state index contributed by atoms with van der Waals surface area (Å²) in [7, 11) is 0. The Morgan fingerprint density at radius 2 is 2.22 bits per heavy atom. The lowest BCUT2D eigenvalue weighted by molar-refractivity contribution is -0.121. The number of carbonyl (C=O) groups is 1. The highest BCUT2D eigenvalue weighted by Gasteiger charge is 2.31. The summed E-state index contributed by atoms with van der Waals surface area (Å²) >= 11 is 6.14. The number of aromatic nitrogens is 1. The van der Waals surface area contributed by atoms with Crippen LogP contribution in [0.1, 0.15) is 25.2 Å². The number of oxazole rings is 1. The number of benzene rings is 1. The fourth-order valence-corrected chi connectivity index (χ4v) is 2.81. The fourth-order valence-electron chi connectivity index (χ4n) is 2.58. The van der Waals surface area contributed by atoms with E-state index in [4.69, 9.17) is 21.8 Å². The first kappa shape index (κ1) is 16.0. The maximum absolute atomic E-state index is 12.0. The number of carbonyl (C=O) groups excluding carboxylic acids is 1. The highest BCUT2D eigenvalue weighted by Crippen LogP contribution is 2.32. The van der Waals surface area contributed by atoms with Crippen molar-refractivity contribution in [2.75, 3.05) is 6.54 Å². The second-order valence-corrected chi connectivity index (χ2v) is 6.25. The third kappa shape index (κ3) is 4.12. The standard InChI is InChI=1S/C17H20ClN3O2/c18-13-4-2-1-3-12(13)15-10-20-17(23-15)8-7-16(22)21-14(9-19)11-5-6-11/h1-4,10-11,14H,5-9,19H2,(H,21,22). The van der Waals surface area contributed by atoms with Crippen molar-refractivity contribution in [1.82, 2.24) is 10.3 Å². The van der Waals surface area contributed by atoms with Gasteiger partial charge in [-0.1, -0.05) is 23.7 Å². The molecule has 1 aromatic carbocycles. The van der Waals surface area contributed by atoms with E-state index in [2.05, 4.69) is 10.3 Å². The highest BCUT2D eigenvalue weighted by molar-refractivity contribution is 6.33. The topological polar surface area (TPSA) is 81.1 Å². The number of halogens is 1. The second kappa shape index (κ2) is 7.15. The Labute approximate surface area is 140 Å². The van der Waals surface area contributed by atoms with Crippen molar-refractivity contribution in [3.05, 3.63) is 41.4 Å². The molecule has 1 amide bonds. The summed E-state index contributed by atoms with van der Waals surface area (Å²) in [5.41, 5.74) is 6.49. The molecule has 0 radical (unpaired) electrons. The van der Waals surface area contributed by atoms with Crippen LogP contribution in [0.2, 0.25) is 5.02 Å². The van der Waals surface area contributed by atoms with E-state index < -0.39 is 0 Å². The van der Waals surface area contributed by atoms with Gasteiger partial charge >= 0.3 is 0 Å². The molecular formula is C17H20ClN3O2. The van der Waals surface area contributed by atoms with Crippen molar-refractivity contribution in [2.24, 2.45) is 11.7 Å². The molecule has 0 aliphatic heterocycles. The number of nitrogens with two attached hydrogens (primary N) is 1. The van der Waals surface area contributed by atoms with Crippen LogP contribution < -0.4 is 11.1 Å². The third-order valence-electron chi connectivity index (χ3n) is 4.05. The summed E-state index contributed by atoms with van der Waals surface area (Å²) in [5, 5.41) is 3.61. The van der Waals surface area contributed by atoms with Gasteiger partial charge in [-0.2, -0.15) is 0 Å². The molecule has 1 saturated carbocycles. The largest absolute Gasteiger partial charge is 0.441 e. The molecule has 0 spiro atoms. The summed E-state index contributed by atoms with van der Waals surface area (Å²) in [6, 6.07) is 7.53. The molecule has 1 aliphatic carbocycles. The number of rotatable bonds is 7. The first-order valence-electron chi connectivity index (χ1n) is 7.86. The zero-order chi connectivity index (χ0) is 16.2. The molecule has 1 aromatic heterocycles. The minimum Gasteiger partial charge on any atom is -0.441 e. The monoisotopic (exact) mass is 333 g/mol. The molecule has 23 heavy (non-hydrogen) atoms. The maximum Gasteiger partial charge on any atom is 0.220 e. The molecule has 5 nitrogen and oxygen atoms in total. The molecule has 2 aromatic rings. The van der Waals surface area contributed by atoms with E-state index in [1.165, 1.54) is 0 Å². The normalized spacial score (nSPS) is 15.4. The van der Waals surface area contributed by atoms with Gasteiger partial charge in [-0.15, -0.1) is 0 Å². The Hall–Kier alpha value is -1.85. The van der Waals surface area contributed by atoms with Crippen LogP contribution in [-0.4, -0.2) is 23.5 Å². The average Bonchev–Trinajstić information content (AvgIpc) is 3.29. The van der Waals surface area contributed by atoms with Crippen LogP contribution in [0, 0.1) is 5.92 Å². The molecule has 3 N–H and O–H groups in total. The Morgan fingerprint density at radius 3 is 2.91 bits per heavy atom. The van der Waals surface area contributed by atoms with Gasteiger partial charge < -0.3 is 15.5 Å². The van der Waals surface area contributed by atoms with Crippen LogP contribution in [-0.2, 0) is 11.2 Å². The average molecular weight is 334 g/mol. The molecule has 0 bridgehead atoms. The van der Waals surface area contributed by atoms with Gasteiger partial charge in [0.1, 0.15) is 0 Å². The van der Waals surface area contributed by atoms with Crippen molar-refractivity contribution < 1.29 is 9.21 Å². The minimum atomic E-state index is -0.00940. The molecule has 1 unspecified atom stereocenters. The second-order valence-electron chi connectivity index (χ2n) is 5.85. The summed E-state index contributed by atoms with van der Waals surface area (Å²) in [5.74, 6) is 1.69. The minimum absolute atomic E-state index is 0.00940. The zero-order valence-corrected chi connectivity index (χ0v) is 13.6. The molecule has 1 atom stereocenters. The number of hydrogen-bond donors (Lipinski definition) is 2. The van der Waals surface area contributed by atoms with Crippen LogP contribution in [0.5, 0.6) is 0 Å². The van der Waals surface area contributed by atoms with Crippen LogP contribution in [0.3, 0.4) is 0 Å². The molecular weight excluding hydrogens is 314 g/mol. The predicted octanol–water partition coefficient (Wildman–Crippen LogP) is 2.78. The Kier molecular flexibility index (Phi) is 4.98. The Bertz CT molecular complexity index is 682.